The summed E-state index contributed by atoms with van der Waals surface area (Å²) in [6, 6.07) is 0. The maximum Gasteiger partial charge on any atom is 0.314 e. The second-order valence-electron chi connectivity index (χ2n) is 4.43. The zero-order chi connectivity index (χ0) is 12.0. The Bertz CT molecular complexity index is 232. The summed E-state index contributed by atoms with van der Waals surface area (Å²) in [6.45, 7) is 2.20. The van der Waals surface area contributed by atoms with Crippen LogP contribution in [-0.4, -0.2) is 29.1 Å². The molecule has 1 aliphatic carbocycles. The zero-order valence-electron chi connectivity index (χ0n) is 9.88. The van der Waals surface area contributed by atoms with E-state index >= 15 is 0 Å². The Balaban J connectivity index is 2.76. The Morgan fingerprint density at radius 3 is 2.88 bits per heavy atom. The maximum absolute atomic E-state index is 12.0. The van der Waals surface area contributed by atoms with Gasteiger partial charge < -0.3 is 9.84 Å². The Labute approximate surface area is 106 Å². The minimum Gasteiger partial charge on any atom is -0.465 e. The van der Waals surface area contributed by atoms with Crippen molar-refractivity contribution in [3.8, 4) is 0 Å². The molecule has 0 aromatic heterocycles. The molecule has 0 heterocycles. The van der Waals surface area contributed by atoms with Crippen LogP contribution in [0.25, 0.3) is 0 Å². The molecule has 0 bridgehead atoms. The summed E-state index contributed by atoms with van der Waals surface area (Å²) >= 11 is 3.37. The summed E-state index contributed by atoms with van der Waals surface area (Å²) in [7, 11) is 0. The average Bonchev–Trinajstić information content (AvgIpc) is 2.28. The fourth-order valence-electron chi connectivity index (χ4n) is 2.51. The molecule has 1 aliphatic rings. The topological polar surface area (TPSA) is 46.5 Å². The highest BCUT2D eigenvalue weighted by molar-refractivity contribution is 9.09. The third-order valence-electron chi connectivity index (χ3n) is 3.43. The molecule has 0 radical (unpaired) electrons. The molecule has 0 aromatic carbocycles. The van der Waals surface area contributed by atoms with E-state index in [4.69, 9.17) is 4.74 Å². The monoisotopic (exact) mass is 292 g/mol. The molecule has 4 heteroatoms. The van der Waals surface area contributed by atoms with Crippen molar-refractivity contribution in [2.75, 3.05) is 11.9 Å². The van der Waals surface area contributed by atoms with Gasteiger partial charge in [-0.3, -0.25) is 4.79 Å². The predicted molar refractivity (Wildman–Crippen MR) is 66.6 cm³/mol. The van der Waals surface area contributed by atoms with E-state index in [0.717, 1.165) is 43.9 Å². The summed E-state index contributed by atoms with van der Waals surface area (Å²) in [5.74, 6) is -0.205. The SMILES string of the molecule is CCOC(=O)[C@]1(CCCBr)CCCC[C@@H]1O. The van der Waals surface area contributed by atoms with Crippen LogP contribution >= 0.6 is 15.9 Å². The largest absolute Gasteiger partial charge is 0.465 e. The number of halogens is 1. The van der Waals surface area contributed by atoms with E-state index in [1.807, 2.05) is 6.92 Å². The normalized spacial score (nSPS) is 30.1. The van der Waals surface area contributed by atoms with E-state index in [-0.39, 0.29) is 5.97 Å². The summed E-state index contributed by atoms with van der Waals surface area (Å²) in [6.07, 6.45) is 4.60. The lowest BCUT2D eigenvalue weighted by atomic mass is 9.69. The van der Waals surface area contributed by atoms with Crippen LogP contribution in [0.15, 0.2) is 0 Å². The molecule has 1 saturated carbocycles. The van der Waals surface area contributed by atoms with Gasteiger partial charge in [-0.15, -0.1) is 0 Å². The number of hydrogen-bond acceptors (Lipinski definition) is 3. The number of rotatable bonds is 5. The van der Waals surface area contributed by atoms with E-state index in [1.165, 1.54) is 0 Å². The van der Waals surface area contributed by atoms with Crippen molar-refractivity contribution in [1.29, 1.82) is 0 Å². The van der Waals surface area contributed by atoms with Gasteiger partial charge in [0.1, 0.15) is 0 Å². The molecule has 3 nitrogen and oxygen atoms in total. The van der Waals surface area contributed by atoms with E-state index in [0.29, 0.717) is 6.61 Å². The first-order chi connectivity index (χ1) is 7.67. The van der Waals surface area contributed by atoms with Crippen molar-refractivity contribution in [3.05, 3.63) is 0 Å². The van der Waals surface area contributed by atoms with E-state index in [1.54, 1.807) is 0 Å². The predicted octanol–water partition coefficient (Wildman–Crippen LogP) is 2.65. The minimum atomic E-state index is -0.637. The van der Waals surface area contributed by atoms with Crippen LogP contribution in [0, 0.1) is 5.41 Å². The van der Waals surface area contributed by atoms with Crippen LogP contribution in [-0.2, 0) is 9.53 Å². The molecular formula is C12H21BrO3. The smallest absolute Gasteiger partial charge is 0.314 e. The van der Waals surface area contributed by atoms with Crippen molar-refractivity contribution in [1.82, 2.24) is 0 Å². The molecule has 1 fully saturated rings. The van der Waals surface area contributed by atoms with Gasteiger partial charge in [-0.1, -0.05) is 28.8 Å². The quantitative estimate of drug-likeness (QED) is 0.626. The van der Waals surface area contributed by atoms with Gasteiger partial charge in [-0.25, -0.2) is 0 Å². The number of aliphatic hydroxyl groups excluding tert-OH is 1. The lowest BCUT2D eigenvalue weighted by molar-refractivity contribution is -0.167. The Morgan fingerprint density at radius 1 is 1.56 bits per heavy atom. The number of alkyl halides is 1. The van der Waals surface area contributed by atoms with Crippen LogP contribution in [0.2, 0.25) is 0 Å². The summed E-state index contributed by atoms with van der Waals surface area (Å²) < 4.78 is 5.14. The van der Waals surface area contributed by atoms with Gasteiger partial charge in [0, 0.05) is 5.33 Å². The van der Waals surface area contributed by atoms with Crippen LogP contribution in [0.5, 0.6) is 0 Å². The molecule has 0 spiro atoms. The lowest BCUT2D eigenvalue weighted by Crippen LogP contribution is -2.46. The highest BCUT2D eigenvalue weighted by Gasteiger charge is 2.46. The van der Waals surface area contributed by atoms with E-state index in [9.17, 15) is 9.90 Å². The van der Waals surface area contributed by atoms with Crippen LogP contribution in [0.3, 0.4) is 0 Å². The number of hydrogen-bond donors (Lipinski definition) is 1. The fraction of sp³-hybridized carbons (Fsp3) is 0.917. The van der Waals surface area contributed by atoms with Crippen LogP contribution in [0.4, 0.5) is 0 Å². The molecule has 1 N–H and O–H groups in total. The van der Waals surface area contributed by atoms with Crippen molar-refractivity contribution in [3.63, 3.8) is 0 Å². The Kier molecular flexibility index (Phi) is 5.76. The molecule has 1 rings (SSSR count). The van der Waals surface area contributed by atoms with Crippen molar-refractivity contribution < 1.29 is 14.6 Å². The minimum absolute atomic E-state index is 0.205. The first kappa shape index (κ1) is 14.0. The van der Waals surface area contributed by atoms with Crippen LogP contribution < -0.4 is 0 Å². The highest BCUT2D eigenvalue weighted by Crippen LogP contribution is 2.41. The van der Waals surface area contributed by atoms with Gasteiger partial charge in [-0.05, 0) is 32.6 Å². The second kappa shape index (κ2) is 6.60. The number of ether oxygens (including phenoxy) is 1. The van der Waals surface area contributed by atoms with Crippen molar-refractivity contribution in [2.24, 2.45) is 5.41 Å². The van der Waals surface area contributed by atoms with Gasteiger partial charge in [0.05, 0.1) is 18.1 Å². The standard InChI is InChI=1S/C12H21BrO3/c1-2-16-11(15)12(8-5-9-13)7-4-3-6-10(12)14/h10,14H,2-9H2,1H3/t10-,12-/m0/s1. The molecule has 0 saturated heterocycles. The van der Waals surface area contributed by atoms with Crippen LogP contribution in [0.1, 0.15) is 45.4 Å². The molecular weight excluding hydrogens is 272 g/mol. The molecule has 94 valence electrons. The highest BCUT2D eigenvalue weighted by atomic mass is 79.9. The number of aliphatic hydroxyl groups is 1. The Morgan fingerprint density at radius 2 is 2.31 bits per heavy atom. The summed E-state index contributed by atoms with van der Waals surface area (Å²) in [5, 5.41) is 11.0. The first-order valence-corrected chi connectivity index (χ1v) is 7.20. The van der Waals surface area contributed by atoms with Gasteiger partial charge >= 0.3 is 5.97 Å². The van der Waals surface area contributed by atoms with Gasteiger partial charge in [0.2, 0.25) is 0 Å². The van der Waals surface area contributed by atoms with Crippen molar-refractivity contribution >= 4 is 21.9 Å². The second-order valence-corrected chi connectivity index (χ2v) is 5.22. The molecule has 16 heavy (non-hydrogen) atoms. The summed E-state index contributed by atoms with van der Waals surface area (Å²) in [5.41, 5.74) is -0.637. The average molecular weight is 293 g/mol. The van der Waals surface area contributed by atoms with Gasteiger partial charge in [-0.2, -0.15) is 0 Å². The molecule has 0 unspecified atom stereocenters. The fourth-order valence-corrected chi connectivity index (χ4v) is 2.79. The number of carbonyl (C=O) groups is 1. The van der Waals surface area contributed by atoms with Crippen molar-refractivity contribution in [2.45, 2.75) is 51.6 Å². The third kappa shape index (κ3) is 2.98. The van der Waals surface area contributed by atoms with E-state index in [2.05, 4.69) is 15.9 Å². The molecule has 0 aliphatic heterocycles. The third-order valence-corrected chi connectivity index (χ3v) is 3.99. The lowest BCUT2D eigenvalue weighted by Gasteiger charge is -2.39. The van der Waals surface area contributed by atoms with Gasteiger partial charge in [0.15, 0.2) is 0 Å². The number of esters is 1. The molecule has 0 amide bonds. The maximum atomic E-state index is 12.0. The number of carbonyl (C=O) groups excluding carboxylic acids is 1. The molecule has 0 aromatic rings. The van der Waals surface area contributed by atoms with E-state index < -0.39 is 11.5 Å². The first-order valence-electron chi connectivity index (χ1n) is 6.08. The summed E-state index contributed by atoms with van der Waals surface area (Å²) in [4.78, 5) is 12.0. The van der Waals surface area contributed by atoms with Gasteiger partial charge in [0.25, 0.3) is 0 Å². The molecule has 2 atom stereocenters. The zero-order valence-corrected chi connectivity index (χ0v) is 11.5. The Hall–Kier alpha value is -0.0900.